The van der Waals surface area contributed by atoms with Crippen LogP contribution in [0.1, 0.15) is 32.1 Å². The van der Waals surface area contributed by atoms with Crippen LogP contribution in [0, 0.1) is 5.92 Å². The first-order valence-electron chi connectivity index (χ1n) is 5.44. The third kappa shape index (κ3) is 2.79. The molecule has 1 amide bonds. The maximum atomic E-state index is 11.8. The summed E-state index contributed by atoms with van der Waals surface area (Å²) in [7, 11) is 1.85. The van der Waals surface area contributed by atoms with Crippen LogP contribution in [0.3, 0.4) is 0 Å². The van der Waals surface area contributed by atoms with E-state index in [1.807, 2.05) is 20.9 Å². The summed E-state index contributed by atoms with van der Waals surface area (Å²) in [5.41, 5.74) is 5.51. The average Bonchev–Trinajstić information content (AvgIpc) is 2.66. The van der Waals surface area contributed by atoms with Gasteiger partial charge in [-0.3, -0.25) is 4.79 Å². The van der Waals surface area contributed by atoms with Crippen LogP contribution < -0.4 is 11.1 Å². The van der Waals surface area contributed by atoms with Crippen molar-refractivity contribution in [1.29, 1.82) is 0 Å². The van der Waals surface area contributed by atoms with E-state index in [1.165, 1.54) is 0 Å². The zero-order chi connectivity index (χ0) is 12.1. The van der Waals surface area contributed by atoms with Gasteiger partial charge in [0.25, 0.3) is 0 Å². The molecule has 2 atom stereocenters. The molecule has 0 aromatic carbocycles. The van der Waals surface area contributed by atoms with Gasteiger partial charge >= 0.3 is 0 Å². The largest absolute Gasteiger partial charge is 0.346 e. The van der Waals surface area contributed by atoms with Crippen LogP contribution in [-0.2, 0) is 11.8 Å². The summed E-state index contributed by atoms with van der Waals surface area (Å²) in [5, 5.41) is 10.6. The van der Waals surface area contributed by atoms with Crippen LogP contribution in [0.25, 0.3) is 0 Å². The number of rotatable bonds is 5. The molecule has 0 spiro atoms. The van der Waals surface area contributed by atoms with Gasteiger partial charge in [0.1, 0.15) is 6.33 Å². The Kier molecular flexibility index (Phi) is 4.42. The highest BCUT2D eigenvalue weighted by Gasteiger charge is 2.19. The lowest BCUT2D eigenvalue weighted by Crippen LogP contribution is -2.36. The van der Waals surface area contributed by atoms with Crippen LogP contribution >= 0.6 is 0 Å². The Hall–Kier alpha value is -1.43. The Bertz CT molecular complexity index is 345. The molecule has 2 unspecified atom stereocenters. The first-order chi connectivity index (χ1) is 7.60. The van der Waals surface area contributed by atoms with Gasteiger partial charge in [0.15, 0.2) is 5.82 Å². The number of nitrogens with one attached hydrogen (secondary N) is 1. The number of nitrogens with two attached hydrogens (primary N) is 1. The minimum Gasteiger partial charge on any atom is -0.346 e. The van der Waals surface area contributed by atoms with Gasteiger partial charge in [-0.15, -0.1) is 10.2 Å². The molecule has 3 N–H and O–H groups in total. The van der Waals surface area contributed by atoms with Gasteiger partial charge in [0, 0.05) is 19.5 Å². The summed E-state index contributed by atoms with van der Waals surface area (Å²) in [6.45, 7) is 4.20. The molecule has 0 aliphatic heterocycles. The van der Waals surface area contributed by atoms with Gasteiger partial charge in [-0.05, 0) is 13.3 Å². The highest BCUT2D eigenvalue weighted by molar-refractivity contribution is 5.79. The van der Waals surface area contributed by atoms with Crippen molar-refractivity contribution in [3.05, 3.63) is 12.2 Å². The fourth-order valence-corrected chi connectivity index (χ4v) is 1.54. The van der Waals surface area contributed by atoms with E-state index < -0.39 is 0 Å². The van der Waals surface area contributed by atoms with Gasteiger partial charge in [-0.25, -0.2) is 0 Å². The Balaban J connectivity index is 2.61. The summed E-state index contributed by atoms with van der Waals surface area (Å²) in [6, 6.07) is -0.152. The molecule has 1 aromatic rings. The van der Waals surface area contributed by atoms with Crippen molar-refractivity contribution in [1.82, 2.24) is 20.1 Å². The number of aromatic nitrogens is 3. The molecule has 0 saturated heterocycles. The zero-order valence-corrected chi connectivity index (χ0v) is 9.97. The molecule has 0 radical (unpaired) electrons. The fourth-order valence-electron chi connectivity index (χ4n) is 1.54. The third-order valence-corrected chi connectivity index (χ3v) is 2.64. The van der Waals surface area contributed by atoms with E-state index >= 15 is 0 Å². The predicted octanol–water partition coefficient (Wildman–Crippen LogP) is -0.0228. The van der Waals surface area contributed by atoms with Crippen molar-refractivity contribution >= 4 is 5.91 Å². The Labute approximate surface area is 95.2 Å². The van der Waals surface area contributed by atoms with Crippen LogP contribution in [0.5, 0.6) is 0 Å². The van der Waals surface area contributed by atoms with Crippen molar-refractivity contribution in [2.24, 2.45) is 18.7 Å². The normalized spacial score (nSPS) is 14.5. The van der Waals surface area contributed by atoms with Crippen molar-refractivity contribution in [2.45, 2.75) is 26.3 Å². The van der Waals surface area contributed by atoms with Gasteiger partial charge < -0.3 is 15.6 Å². The van der Waals surface area contributed by atoms with E-state index in [0.717, 1.165) is 12.2 Å². The highest BCUT2D eigenvalue weighted by atomic mass is 16.2. The van der Waals surface area contributed by atoms with Crippen molar-refractivity contribution in [3.8, 4) is 0 Å². The second kappa shape index (κ2) is 5.60. The predicted molar refractivity (Wildman–Crippen MR) is 60.4 cm³/mol. The Morgan fingerprint density at radius 1 is 1.69 bits per heavy atom. The summed E-state index contributed by atoms with van der Waals surface area (Å²) in [4.78, 5) is 11.8. The lowest BCUT2D eigenvalue weighted by atomic mass is 10.1. The fraction of sp³-hybridized carbons (Fsp3) is 0.700. The summed E-state index contributed by atoms with van der Waals surface area (Å²) >= 11 is 0. The average molecular weight is 225 g/mol. The van der Waals surface area contributed by atoms with Crippen molar-refractivity contribution < 1.29 is 4.79 Å². The Morgan fingerprint density at radius 3 is 2.81 bits per heavy atom. The van der Waals surface area contributed by atoms with E-state index in [9.17, 15) is 4.79 Å². The molecule has 0 saturated carbocycles. The van der Waals surface area contributed by atoms with Crippen molar-refractivity contribution in [3.63, 3.8) is 0 Å². The molecular formula is C10H19N5O. The third-order valence-electron chi connectivity index (χ3n) is 2.64. The van der Waals surface area contributed by atoms with E-state index in [2.05, 4.69) is 15.5 Å². The summed E-state index contributed by atoms with van der Waals surface area (Å²) in [6.07, 6.45) is 2.35. The van der Waals surface area contributed by atoms with Gasteiger partial charge in [-0.1, -0.05) is 6.92 Å². The molecule has 16 heavy (non-hydrogen) atoms. The molecule has 0 fully saturated rings. The van der Waals surface area contributed by atoms with Crippen LogP contribution in [0.15, 0.2) is 6.33 Å². The SMILES string of the molecule is CCC(CN)C(=O)NC(C)c1nncn1C. The molecule has 90 valence electrons. The molecule has 0 aliphatic carbocycles. The topological polar surface area (TPSA) is 85.8 Å². The second-order valence-electron chi connectivity index (χ2n) is 3.87. The smallest absolute Gasteiger partial charge is 0.224 e. The molecule has 1 rings (SSSR count). The minimum absolute atomic E-state index is 0.0273. The van der Waals surface area contributed by atoms with Crippen LogP contribution in [0.2, 0.25) is 0 Å². The number of hydrogen-bond acceptors (Lipinski definition) is 4. The molecule has 1 aromatic heterocycles. The maximum Gasteiger partial charge on any atom is 0.224 e. The summed E-state index contributed by atoms with van der Waals surface area (Å²) < 4.78 is 1.79. The molecule has 6 nitrogen and oxygen atoms in total. The van der Waals surface area contributed by atoms with E-state index in [-0.39, 0.29) is 17.9 Å². The summed E-state index contributed by atoms with van der Waals surface area (Å²) in [5.74, 6) is 0.580. The number of carbonyl (C=O) groups is 1. The molecule has 0 bridgehead atoms. The first-order valence-corrected chi connectivity index (χ1v) is 5.44. The Morgan fingerprint density at radius 2 is 2.38 bits per heavy atom. The highest BCUT2D eigenvalue weighted by Crippen LogP contribution is 2.09. The minimum atomic E-state index is -0.152. The number of carbonyl (C=O) groups excluding carboxylic acids is 1. The maximum absolute atomic E-state index is 11.8. The van der Waals surface area contributed by atoms with E-state index in [1.54, 1.807) is 10.9 Å². The van der Waals surface area contributed by atoms with Gasteiger partial charge in [0.05, 0.1) is 6.04 Å². The molecular weight excluding hydrogens is 206 g/mol. The van der Waals surface area contributed by atoms with Crippen molar-refractivity contribution in [2.75, 3.05) is 6.54 Å². The van der Waals surface area contributed by atoms with Crippen LogP contribution in [-0.4, -0.2) is 27.2 Å². The zero-order valence-electron chi connectivity index (χ0n) is 9.97. The molecule has 6 heteroatoms. The van der Waals surface area contributed by atoms with E-state index in [0.29, 0.717) is 6.54 Å². The van der Waals surface area contributed by atoms with E-state index in [4.69, 9.17) is 5.73 Å². The van der Waals surface area contributed by atoms with Gasteiger partial charge in [0.2, 0.25) is 5.91 Å². The number of aryl methyl sites for hydroxylation is 1. The second-order valence-corrected chi connectivity index (χ2v) is 3.87. The quantitative estimate of drug-likeness (QED) is 0.737. The van der Waals surface area contributed by atoms with Crippen LogP contribution in [0.4, 0.5) is 0 Å². The van der Waals surface area contributed by atoms with Gasteiger partial charge in [-0.2, -0.15) is 0 Å². The number of hydrogen-bond donors (Lipinski definition) is 2. The standard InChI is InChI=1S/C10H19N5O/c1-4-8(5-11)10(16)13-7(2)9-14-12-6-15(9)3/h6-8H,4-5,11H2,1-3H3,(H,13,16). The molecule has 1 heterocycles. The lowest BCUT2D eigenvalue weighted by molar-refractivity contribution is -0.125. The lowest BCUT2D eigenvalue weighted by Gasteiger charge is -2.17. The molecule has 0 aliphatic rings. The number of amides is 1. The first kappa shape index (κ1) is 12.6. The monoisotopic (exact) mass is 225 g/mol. The number of nitrogens with zero attached hydrogens (tertiary/aromatic N) is 3.